The van der Waals surface area contributed by atoms with E-state index in [0.29, 0.717) is 12.2 Å². The van der Waals surface area contributed by atoms with Gasteiger partial charge in [-0.25, -0.2) is 9.18 Å². The van der Waals surface area contributed by atoms with Crippen molar-refractivity contribution >= 4 is 47.6 Å². The van der Waals surface area contributed by atoms with Crippen molar-refractivity contribution in [2.45, 2.75) is 21.4 Å². The number of para-hydroxylation sites is 1. The van der Waals surface area contributed by atoms with Crippen LogP contribution in [0.3, 0.4) is 0 Å². The van der Waals surface area contributed by atoms with E-state index in [2.05, 4.69) is 62.2 Å². The number of nitrogens with zero attached hydrogens (tertiary/aromatic N) is 3. The van der Waals surface area contributed by atoms with Crippen LogP contribution >= 0.6 is 30.2 Å². The van der Waals surface area contributed by atoms with Gasteiger partial charge in [0, 0.05) is 49.1 Å². The number of ether oxygens (including phenoxy) is 2. The Kier molecular flexibility index (Phi) is 9.42. The molecule has 2 aromatic rings. The quantitative estimate of drug-likeness (QED) is 0.254. The average molecular weight is 538 g/mol. The largest absolute Gasteiger partial charge is 0.467 e. The normalized spacial score (nSPS) is 16.6. The highest BCUT2D eigenvalue weighted by molar-refractivity contribution is 7.99. The standard InChI is InChI=1S/C25H34FN3O3P2S/c1-31-24(30)18-32-16-15-28-13-11-27(12-14-28)9-4-10-29-20-5-2-3-6-22(20)35-23-8-7-19(17-21(23)29)25(26,33)34/h2-3,5-8,17H,4,9-16,18,33-34H2,1H3. The molecule has 0 bridgehead atoms. The van der Waals surface area contributed by atoms with Crippen molar-refractivity contribution in [1.82, 2.24) is 9.80 Å². The SMILES string of the molecule is COC(=O)COCCN1CCN(CCCN2c3ccccc3Sc3ccc(C(F)(P)P)cc32)CC1. The second kappa shape index (κ2) is 12.3. The highest BCUT2D eigenvalue weighted by atomic mass is 32.2. The number of anilines is 2. The molecule has 2 unspecified atom stereocenters. The van der Waals surface area contributed by atoms with Crippen molar-refractivity contribution in [1.29, 1.82) is 0 Å². The highest BCUT2D eigenvalue weighted by Gasteiger charge is 2.27. The Labute approximate surface area is 216 Å². The van der Waals surface area contributed by atoms with Crippen molar-refractivity contribution in [2.24, 2.45) is 0 Å². The number of rotatable bonds is 10. The van der Waals surface area contributed by atoms with Crippen LogP contribution < -0.4 is 4.90 Å². The van der Waals surface area contributed by atoms with Gasteiger partial charge < -0.3 is 19.3 Å². The van der Waals surface area contributed by atoms with E-state index in [0.717, 1.165) is 62.8 Å². The zero-order chi connectivity index (χ0) is 24.8. The van der Waals surface area contributed by atoms with Gasteiger partial charge in [0.2, 0.25) is 0 Å². The zero-order valence-electron chi connectivity index (χ0n) is 20.1. The first kappa shape index (κ1) is 26.8. The van der Waals surface area contributed by atoms with Gasteiger partial charge in [0.15, 0.2) is 5.15 Å². The number of fused-ring (bicyclic) bond motifs is 2. The van der Waals surface area contributed by atoms with E-state index in [1.807, 2.05) is 18.2 Å². The summed E-state index contributed by atoms with van der Waals surface area (Å²) in [6.07, 6.45) is 1.02. The Bertz CT molecular complexity index is 1020. The van der Waals surface area contributed by atoms with E-state index in [1.54, 1.807) is 11.8 Å². The second-order valence-electron chi connectivity index (χ2n) is 8.84. The smallest absolute Gasteiger partial charge is 0.331 e. The summed E-state index contributed by atoms with van der Waals surface area (Å²) in [5.74, 6) is -0.338. The molecule has 0 aromatic heterocycles. The molecule has 1 fully saturated rings. The fourth-order valence-electron chi connectivity index (χ4n) is 4.41. The topological polar surface area (TPSA) is 45.3 Å². The molecule has 1 saturated heterocycles. The molecule has 2 heterocycles. The summed E-state index contributed by atoms with van der Waals surface area (Å²) in [5.41, 5.74) is 2.91. The molecule has 0 amide bonds. The summed E-state index contributed by atoms with van der Waals surface area (Å²) in [4.78, 5) is 20.8. The lowest BCUT2D eigenvalue weighted by atomic mass is 10.1. The number of hydrogen-bond acceptors (Lipinski definition) is 7. The van der Waals surface area contributed by atoms with Crippen LogP contribution in [-0.2, 0) is 19.4 Å². The maximum Gasteiger partial charge on any atom is 0.331 e. The molecule has 190 valence electrons. The van der Waals surface area contributed by atoms with Crippen LogP contribution in [0, 0.1) is 0 Å². The summed E-state index contributed by atoms with van der Waals surface area (Å²) in [6.45, 7) is 7.32. The van der Waals surface area contributed by atoms with Gasteiger partial charge in [0.25, 0.3) is 0 Å². The lowest BCUT2D eigenvalue weighted by Gasteiger charge is -2.36. The molecule has 2 aliphatic heterocycles. The monoisotopic (exact) mass is 537 g/mol. The van der Waals surface area contributed by atoms with E-state index >= 15 is 0 Å². The van der Waals surface area contributed by atoms with Gasteiger partial charge in [0.1, 0.15) is 6.61 Å². The minimum Gasteiger partial charge on any atom is -0.467 e. The van der Waals surface area contributed by atoms with Crippen LogP contribution in [0.4, 0.5) is 15.8 Å². The van der Waals surface area contributed by atoms with E-state index in [4.69, 9.17) is 4.74 Å². The Hall–Kier alpha value is -1.27. The van der Waals surface area contributed by atoms with Crippen LogP contribution in [0.2, 0.25) is 0 Å². The van der Waals surface area contributed by atoms with Gasteiger partial charge in [-0.05, 0) is 42.8 Å². The van der Waals surface area contributed by atoms with Crippen molar-refractivity contribution in [3.8, 4) is 0 Å². The first-order valence-corrected chi connectivity index (χ1v) is 13.9. The van der Waals surface area contributed by atoms with Crippen LogP contribution in [0.25, 0.3) is 0 Å². The summed E-state index contributed by atoms with van der Waals surface area (Å²) in [6, 6.07) is 14.3. The molecule has 0 saturated carbocycles. The van der Waals surface area contributed by atoms with Crippen molar-refractivity contribution in [3.05, 3.63) is 48.0 Å². The Morgan fingerprint density at radius 3 is 2.40 bits per heavy atom. The molecule has 2 aromatic carbocycles. The molecule has 10 heteroatoms. The zero-order valence-corrected chi connectivity index (χ0v) is 23.2. The van der Waals surface area contributed by atoms with E-state index < -0.39 is 5.15 Å². The number of esters is 1. The number of carbonyl (C=O) groups excluding carboxylic acids is 1. The number of methoxy groups -OCH3 is 1. The minimum absolute atomic E-state index is 0.0136. The third-order valence-electron chi connectivity index (χ3n) is 6.39. The highest BCUT2D eigenvalue weighted by Crippen LogP contribution is 2.50. The van der Waals surface area contributed by atoms with Crippen LogP contribution in [-0.4, -0.2) is 81.9 Å². The van der Waals surface area contributed by atoms with E-state index in [9.17, 15) is 9.18 Å². The predicted octanol–water partition coefficient (Wildman–Crippen LogP) is 4.32. The van der Waals surface area contributed by atoms with Gasteiger partial charge in [-0.1, -0.05) is 48.4 Å². The molecular formula is C25H34FN3O3P2S. The third-order valence-corrected chi connectivity index (χ3v) is 8.19. The van der Waals surface area contributed by atoms with Crippen molar-refractivity contribution in [3.63, 3.8) is 0 Å². The summed E-state index contributed by atoms with van der Waals surface area (Å²) >= 11 is 1.75. The maximum absolute atomic E-state index is 14.7. The number of piperazine rings is 1. The fraction of sp³-hybridized carbons (Fsp3) is 0.480. The average Bonchev–Trinajstić information content (AvgIpc) is 2.86. The van der Waals surface area contributed by atoms with Crippen LogP contribution in [0.1, 0.15) is 12.0 Å². The molecule has 0 N–H and O–H groups in total. The third kappa shape index (κ3) is 7.15. The van der Waals surface area contributed by atoms with Crippen LogP contribution in [0.5, 0.6) is 0 Å². The van der Waals surface area contributed by atoms with Gasteiger partial charge in [-0.2, -0.15) is 0 Å². The second-order valence-corrected chi connectivity index (χ2v) is 12.3. The van der Waals surface area contributed by atoms with Crippen LogP contribution in [0.15, 0.2) is 52.3 Å². The predicted molar refractivity (Wildman–Crippen MR) is 147 cm³/mol. The number of benzene rings is 2. The lowest BCUT2D eigenvalue weighted by Crippen LogP contribution is -2.47. The molecular weight excluding hydrogens is 503 g/mol. The first-order valence-electron chi connectivity index (χ1n) is 11.9. The summed E-state index contributed by atoms with van der Waals surface area (Å²) < 4.78 is 24.6. The Balaban J connectivity index is 1.30. The number of carbonyl (C=O) groups is 1. The van der Waals surface area contributed by atoms with Gasteiger partial charge in [-0.15, -0.1) is 0 Å². The number of hydrogen-bond donors (Lipinski definition) is 0. The fourth-order valence-corrected chi connectivity index (χ4v) is 5.84. The molecule has 2 aliphatic rings. The van der Waals surface area contributed by atoms with Gasteiger partial charge in [-0.3, -0.25) is 4.90 Å². The van der Waals surface area contributed by atoms with Gasteiger partial charge in [0.05, 0.1) is 25.1 Å². The first-order chi connectivity index (χ1) is 16.8. The summed E-state index contributed by atoms with van der Waals surface area (Å²) in [5, 5.41) is -1.54. The molecule has 35 heavy (non-hydrogen) atoms. The van der Waals surface area contributed by atoms with Crippen molar-refractivity contribution < 1.29 is 18.7 Å². The maximum atomic E-state index is 14.7. The summed E-state index contributed by atoms with van der Waals surface area (Å²) in [7, 11) is 5.91. The van der Waals surface area contributed by atoms with E-state index in [1.165, 1.54) is 17.7 Å². The number of alkyl halides is 1. The Morgan fingerprint density at radius 1 is 1.00 bits per heavy atom. The van der Waals surface area contributed by atoms with Gasteiger partial charge >= 0.3 is 5.97 Å². The lowest BCUT2D eigenvalue weighted by molar-refractivity contribution is -0.146. The molecule has 6 nitrogen and oxygen atoms in total. The number of halogens is 1. The molecule has 0 spiro atoms. The minimum atomic E-state index is -1.54. The molecule has 2 atom stereocenters. The van der Waals surface area contributed by atoms with E-state index in [-0.39, 0.29) is 12.6 Å². The Morgan fingerprint density at radius 2 is 1.69 bits per heavy atom. The van der Waals surface area contributed by atoms with Crippen molar-refractivity contribution in [2.75, 3.05) is 71.0 Å². The molecule has 0 radical (unpaired) electrons. The molecule has 4 rings (SSSR count). The molecule has 0 aliphatic carbocycles.